The van der Waals surface area contributed by atoms with Crippen LogP contribution in [0.5, 0.6) is 5.75 Å². The van der Waals surface area contributed by atoms with Crippen molar-refractivity contribution in [1.82, 2.24) is 0 Å². The summed E-state index contributed by atoms with van der Waals surface area (Å²) in [6.45, 7) is -0.200. The lowest BCUT2D eigenvalue weighted by atomic mass is 10.2. The number of ether oxygens (including phenoxy) is 1. The lowest BCUT2D eigenvalue weighted by Crippen LogP contribution is -2.20. The summed E-state index contributed by atoms with van der Waals surface area (Å²) in [7, 11) is 0. The summed E-state index contributed by atoms with van der Waals surface area (Å²) in [5.41, 5.74) is 1.20. The second-order valence-electron chi connectivity index (χ2n) is 6.07. The number of hydrogen-bond donors (Lipinski definition) is 2. The van der Waals surface area contributed by atoms with E-state index in [0.717, 1.165) is 0 Å². The summed E-state index contributed by atoms with van der Waals surface area (Å²) in [5, 5.41) is 6.66. The summed E-state index contributed by atoms with van der Waals surface area (Å²) < 4.78 is 5.44. The van der Waals surface area contributed by atoms with E-state index in [2.05, 4.69) is 10.6 Å². The Bertz CT molecular complexity index is 1060. The van der Waals surface area contributed by atoms with Crippen LogP contribution in [0.2, 0.25) is 20.1 Å². The largest absolute Gasteiger partial charge is 0.484 e. The number of anilines is 2. The molecule has 9 heteroatoms. The first-order chi connectivity index (χ1) is 14.3. The maximum absolute atomic E-state index is 12.4. The summed E-state index contributed by atoms with van der Waals surface area (Å²) in [6.07, 6.45) is 0. The fourth-order valence-corrected chi connectivity index (χ4v) is 3.56. The lowest BCUT2D eigenvalue weighted by molar-refractivity contribution is -0.118. The molecule has 0 spiro atoms. The van der Waals surface area contributed by atoms with Crippen molar-refractivity contribution in [3.8, 4) is 5.75 Å². The van der Waals surface area contributed by atoms with Crippen molar-refractivity contribution in [1.29, 1.82) is 0 Å². The molecule has 0 unspecified atom stereocenters. The van der Waals surface area contributed by atoms with Gasteiger partial charge in [0, 0.05) is 21.3 Å². The molecule has 0 aromatic heterocycles. The van der Waals surface area contributed by atoms with Gasteiger partial charge in [0.25, 0.3) is 11.8 Å². The summed E-state index contributed by atoms with van der Waals surface area (Å²) in [4.78, 5) is 24.4. The maximum atomic E-state index is 12.4. The highest BCUT2D eigenvalue weighted by atomic mass is 35.5. The van der Waals surface area contributed by atoms with Gasteiger partial charge in [0.05, 0.1) is 15.7 Å². The Labute approximate surface area is 192 Å². The minimum absolute atomic E-state index is 0.200. The third-order valence-corrected chi connectivity index (χ3v) is 4.89. The first-order valence-corrected chi connectivity index (χ1v) is 10.1. The molecule has 0 fully saturated rings. The fourth-order valence-electron chi connectivity index (χ4n) is 2.46. The second-order valence-corrected chi connectivity index (χ2v) is 7.76. The zero-order chi connectivity index (χ0) is 21.7. The minimum atomic E-state index is -0.411. The van der Waals surface area contributed by atoms with Gasteiger partial charge >= 0.3 is 0 Å². The molecule has 30 heavy (non-hydrogen) atoms. The quantitative estimate of drug-likeness (QED) is 0.416. The first kappa shape index (κ1) is 22.2. The standard InChI is InChI=1S/C21H14Cl4N2O3/c22-13-2-1-3-15(8-13)26-19(28)11-30-16-6-4-12(5-7-16)21(29)27-20-17(24)9-14(23)10-18(20)25/h1-10H,11H2,(H,26,28)(H,27,29). The van der Waals surface area contributed by atoms with Gasteiger partial charge < -0.3 is 15.4 Å². The van der Waals surface area contributed by atoms with Crippen molar-refractivity contribution in [3.63, 3.8) is 0 Å². The maximum Gasteiger partial charge on any atom is 0.262 e. The molecule has 0 atom stereocenters. The van der Waals surface area contributed by atoms with Crippen molar-refractivity contribution < 1.29 is 14.3 Å². The van der Waals surface area contributed by atoms with Gasteiger partial charge in [-0.1, -0.05) is 52.5 Å². The van der Waals surface area contributed by atoms with Crippen LogP contribution in [0, 0.1) is 0 Å². The van der Waals surface area contributed by atoms with Crippen LogP contribution in [0.15, 0.2) is 60.7 Å². The smallest absolute Gasteiger partial charge is 0.262 e. The zero-order valence-electron chi connectivity index (χ0n) is 15.2. The van der Waals surface area contributed by atoms with Gasteiger partial charge in [-0.25, -0.2) is 0 Å². The van der Waals surface area contributed by atoms with Crippen LogP contribution in [-0.4, -0.2) is 18.4 Å². The molecule has 3 aromatic carbocycles. The predicted molar refractivity (Wildman–Crippen MR) is 121 cm³/mol. The van der Waals surface area contributed by atoms with E-state index in [0.29, 0.717) is 27.0 Å². The SMILES string of the molecule is O=C(COc1ccc(C(=O)Nc2c(Cl)cc(Cl)cc2Cl)cc1)Nc1cccc(Cl)c1. The fraction of sp³-hybridized carbons (Fsp3) is 0.0476. The highest BCUT2D eigenvalue weighted by Gasteiger charge is 2.13. The van der Waals surface area contributed by atoms with E-state index in [1.807, 2.05) is 0 Å². The van der Waals surface area contributed by atoms with Crippen molar-refractivity contribution in [2.75, 3.05) is 17.2 Å². The Morgan fingerprint density at radius 1 is 0.800 bits per heavy atom. The monoisotopic (exact) mass is 482 g/mol. The molecule has 2 N–H and O–H groups in total. The number of hydrogen-bond acceptors (Lipinski definition) is 3. The Balaban J connectivity index is 1.57. The Morgan fingerprint density at radius 3 is 2.10 bits per heavy atom. The molecule has 0 radical (unpaired) electrons. The number of carbonyl (C=O) groups excluding carboxylic acids is 2. The average molecular weight is 484 g/mol. The second kappa shape index (κ2) is 10.0. The van der Waals surface area contributed by atoms with Crippen LogP contribution >= 0.6 is 46.4 Å². The molecule has 154 valence electrons. The molecule has 3 rings (SSSR count). The summed E-state index contributed by atoms with van der Waals surface area (Å²) in [5.74, 6) is -0.326. The van der Waals surface area contributed by atoms with Crippen molar-refractivity contribution in [2.45, 2.75) is 0 Å². The van der Waals surface area contributed by atoms with Gasteiger partial charge in [0.2, 0.25) is 0 Å². The van der Waals surface area contributed by atoms with Crippen LogP contribution in [0.25, 0.3) is 0 Å². The van der Waals surface area contributed by atoms with E-state index in [4.69, 9.17) is 51.1 Å². The van der Waals surface area contributed by atoms with Crippen LogP contribution in [0.3, 0.4) is 0 Å². The molecule has 5 nitrogen and oxygen atoms in total. The van der Waals surface area contributed by atoms with E-state index in [-0.39, 0.29) is 28.2 Å². The molecule has 3 aromatic rings. The third-order valence-electron chi connectivity index (χ3n) is 3.84. The van der Waals surface area contributed by atoms with Gasteiger partial charge in [0.15, 0.2) is 6.61 Å². The molecule has 0 aliphatic carbocycles. The summed E-state index contributed by atoms with van der Waals surface area (Å²) in [6, 6.07) is 16.0. The molecule has 0 heterocycles. The van der Waals surface area contributed by atoms with Crippen LogP contribution in [0.1, 0.15) is 10.4 Å². The molecule has 0 bridgehead atoms. The van der Waals surface area contributed by atoms with Gasteiger partial charge in [0.1, 0.15) is 5.75 Å². The van der Waals surface area contributed by atoms with E-state index in [1.54, 1.807) is 48.5 Å². The van der Waals surface area contributed by atoms with Crippen LogP contribution in [-0.2, 0) is 4.79 Å². The molecule has 0 aliphatic heterocycles. The zero-order valence-corrected chi connectivity index (χ0v) is 18.2. The normalized spacial score (nSPS) is 10.4. The van der Waals surface area contributed by atoms with E-state index >= 15 is 0 Å². The van der Waals surface area contributed by atoms with Crippen LogP contribution in [0.4, 0.5) is 11.4 Å². The molecular weight excluding hydrogens is 470 g/mol. The van der Waals surface area contributed by atoms with Crippen LogP contribution < -0.4 is 15.4 Å². The number of rotatable bonds is 6. The topological polar surface area (TPSA) is 67.4 Å². The molecular formula is C21H14Cl4N2O3. The Kier molecular flexibility index (Phi) is 7.45. The minimum Gasteiger partial charge on any atom is -0.484 e. The molecule has 0 saturated heterocycles. The van der Waals surface area contributed by atoms with Crippen molar-refractivity contribution in [3.05, 3.63) is 86.3 Å². The van der Waals surface area contributed by atoms with E-state index < -0.39 is 5.91 Å². The lowest BCUT2D eigenvalue weighted by Gasteiger charge is -2.11. The number of carbonyl (C=O) groups is 2. The number of amides is 2. The Morgan fingerprint density at radius 2 is 1.47 bits per heavy atom. The van der Waals surface area contributed by atoms with Gasteiger partial charge in [-0.15, -0.1) is 0 Å². The predicted octanol–water partition coefficient (Wildman–Crippen LogP) is 6.57. The van der Waals surface area contributed by atoms with Gasteiger partial charge in [-0.05, 0) is 54.6 Å². The Hall–Kier alpha value is -2.44. The first-order valence-electron chi connectivity index (χ1n) is 8.56. The average Bonchev–Trinajstić information content (AvgIpc) is 2.69. The van der Waals surface area contributed by atoms with E-state index in [1.165, 1.54) is 12.1 Å². The molecule has 0 saturated carbocycles. The highest BCUT2D eigenvalue weighted by molar-refractivity contribution is 6.42. The number of nitrogens with one attached hydrogen (secondary N) is 2. The van der Waals surface area contributed by atoms with Gasteiger partial charge in [-0.2, -0.15) is 0 Å². The highest BCUT2D eigenvalue weighted by Crippen LogP contribution is 2.34. The van der Waals surface area contributed by atoms with E-state index in [9.17, 15) is 9.59 Å². The van der Waals surface area contributed by atoms with Gasteiger partial charge in [-0.3, -0.25) is 9.59 Å². The molecule has 0 aliphatic rings. The third kappa shape index (κ3) is 6.03. The van der Waals surface area contributed by atoms with Crippen molar-refractivity contribution in [2.24, 2.45) is 0 Å². The summed E-state index contributed by atoms with van der Waals surface area (Å²) >= 11 is 23.9. The molecule has 2 amide bonds. The van der Waals surface area contributed by atoms with Crippen molar-refractivity contribution >= 4 is 69.6 Å². The number of benzene rings is 3. The number of halogens is 4.